The Morgan fingerprint density at radius 2 is 1.69 bits per heavy atom. The number of nitrogens with one attached hydrogen (secondary N) is 1. The molecular weight excluding hydrogens is 460 g/mol. The van der Waals surface area contributed by atoms with E-state index in [2.05, 4.69) is 11.4 Å². The molecule has 1 aliphatic rings. The quantitative estimate of drug-likeness (QED) is 0.503. The molecule has 0 saturated carbocycles. The van der Waals surface area contributed by atoms with E-state index in [0.717, 1.165) is 29.2 Å². The second-order valence-electron chi connectivity index (χ2n) is 9.37. The summed E-state index contributed by atoms with van der Waals surface area (Å²) in [4.78, 5) is 27.9. The number of ether oxygens (including phenoxy) is 2. The van der Waals surface area contributed by atoms with Crippen molar-refractivity contribution in [2.24, 2.45) is 0 Å². The smallest absolute Gasteiger partial charge is 0.254 e. The lowest BCUT2D eigenvalue weighted by molar-refractivity contribution is 0.0643. The highest BCUT2D eigenvalue weighted by molar-refractivity contribution is 7.99. The number of carbonyl (C=O) groups excluding carboxylic acids is 2. The van der Waals surface area contributed by atoms with E-state index < -0.39 is 0 Å². The number of hydrogen-bond donors (Lipinski definition) is 1. The van der Waals surface area contributed by atoms with Crippen molar-refractivity contribution in [3.05, 3.63) is 59.2 Å². The maximum Gasteiger partial charge on any atom is 0.254 e. The van der Waals surface area contributed by atoms with Gasteiger partial charge in [-0.15, -0.1) is 0 Å². The van der Waals surface area contributed by atoms with E-state index in [4.69, 9.17) is 9.47 Å². The van der Waals surface area contributed by atoms with Crippen LogP contribution < -0.4 is 14.8 Å². The summed E-state index contributed by atoms with van der Waals surface area (Å²) in [5.74, 6) is 3.41. The zero-order valence-electron chi connectivity index (χ0n) is 21.7. The molecule has 1 fully saturated rings. The van der Waals surface area contributed by atoms with Crippen LogP contribution in [0.2, 0.25) is 0 Å². The zero-order chi connectivity index (χ0) is 25.5. The van der Waals surface area contributed by atoms with Crippen molar-refractivity contribution in [2.75, 3.05) is 25.2 Å². The van der Waals surface area contributed by atoms with Gasteiger partial charge in [-0.2, -0.15) is 11.8 Å². The highest BCUT2D eigenvalue weighted by Gasteiger charge is 2.29. The summed E-state index contributed by atoms with van der Waals surface area (Å²) >= 11 is 1.90. The Labute approximate surface area is 213 Å². The van der Waals surface area contributed by atoms with Gasteiger partial charge in [-0.1, -0.05) is 6.07 Å². The van der Waals surface area contributed by atoms with Crippen LogP contribution in [-0.4, -0.2) is 60.1 Å². The van der Waals surface area contributed by atoms with Crippen LogP contribution in [0.5, 0.6) is 11.5 Å². The minimum absolute atomic E-state index is 0.0177. The van der Waals surface area contributed by atoms with Crippen LogP contribution >= 0.6 is 11.8 Å². The summed E-state index contributed by atoms with van der Waals surface area (Å²) in [5.41, 5.74) is 2.29. The van der Waals surface area contributed by atoms with Gasteiger partial charge in [0.25, 0.3) is 11.8 Å². The minimum Gasteiger partial charge on any atom is -0.493 e. The third-order valence-electron chi connectivity index (χ3n) is 6.33. The van der Waals surface area contributed by atoms with E-state index in [1.165, 1.54) is 0 Å². The first-order chi connectivity index (χ1) is 16.8. The Kier molecular flexibility index (Phi) is 9.49. The van der Waals surface area contributed by atoms with Crippen molar-refractivity contribution >= 4 is 23.6 Å². The van der Waals surface area contributed by atoms with Crippen LogP contribution in [0, 0.1) is 0 Å². The maximum atomic E-state index is 13.1. The second kappa shape index (κ2) is 12.3. The maximum absolute atomic E-state index is 13.1. The van der Waals surface area contributed by atoms with E-state index in [1.807, 2.05) is 63.4 Å². The summed E-state index contributed by atoms with van der Waals surface area (Å²) in [6.45, 7) is 10.6. The highest BCUT2D eigenvalue weighted by Crippen LogP contribution is 2.36. The molecule has 1 N–H and O–H groups in total. The molecule has 6 nitrogen and oxygen atoms in total. The van der Waals surface area contributed by atoms with Crippen molar-refractivity contribution in [2.45, 2.75) is 65.1 Å². The van der Waals surface area contributed by atoms with E-state index >= 15 is 0 Å². The Balaban J connectivity index is 1.75. The third kappa shape index (κ3) is 6.51. The molecule has 1 heterocycles. The minimum atomic E-state index is -0.117. The number of carbonyl (C=O) groups is 2. The number of benzene rings is 2. The summed E-state index contributed by atoms with van der Waals surface area (Å²) in [6.07, 6.45) is 0.894. The van der Waals surface area contributed by atoms with Crippen LogP contribution in [0.3, 0.4) is 0 Å². The Hall–Kier alpha value is -2.67. The van der Waals surface area contributed by atoms with Crippen LogP contribution in [0.1, 0.15) is 73.2 Å². The van der Waals surface area contributed by atoms with Crippen molar-refractivity contribution in [1.82, 2.24) is 10.2 Å². The molecule has 2 aromatic carbocycles. The molecule has 0 aliphatic carbocycles. The average molecular weight is 499 g/mol. The molecule has 3 rings (SSSR count). The SMILES string of the molecule is CCOc1cc([C@H]2CSCCC2NC(=O)c2ccc(C(=O)N(C(C)C)C(C)C)cc2)ccc1OC. The Morgan fingerprint density at radius 3 is 2.29 bits per heavy atom. The molecule has 0 bridgehead atoms. The number of methoxy groups -OCH3 is 1. The highest BCUT2D eigenvalue weighted by atomic mass is 32.2. The lowest BCUT2D eigenvalue weighted by Gasteiger charge is -2.32. The standard InChI is InChI=1S/C28H38N2O4S/c1-7-34-26-16-22(12-13-25(26)33-6)23-17-35-15-14-24(23)29-27(31)20-8-10-21(11-9-20)28(32)30(18(2)3)19(4)5/h8-13,16,18-19,23-24H,7,14-15,17H2,1-6H3,(H,29,31)/t23-,24?/m1/s1. The van der Waals surface area contributed by atoms with Crippen molar-refractivity contribution in [1.29, 1.82) is 0 Å². The van der Waals surface area contributed by atoms with Crippen LogP contribution in [0.15, 0.2) is 42.5 Å². The number of thioether (sulfide) groups is 1. The Bertz CT molecular complexity index is 999. The van der Waals surface area contributed by atoms with Crippen LogP contribution in [0.4, 0.5) is 0 Å². The fourth-order valence-electron chi connectivity index (χ4n) is 4.66. The second-order valence-corrected chi connectivity index (χ2v) is 10.5. The monoisotopic (exact) mass is 498 g/mol. The molecule has 35 heavy (non-hydrogen) atoms. The molecule has 0 radical (unpaired) electrons. The summed E-state index contributed by atoms with van der Waals surface area (Å²) < 4.78 is 11.2. The fourth-order valence-corrected chi connectivity index (χ4v) is 5.93. The first-order valence-corrected chi connectivity index (χ1v) is 13.5. The van der Waals surface area contributed by atoms with E-state index in [1.54, 1.807) is 31.4 Å². The van der Waals surface area contributed by atoms with Gasteiger partial charge in [-0.05, 0) is 88.8 Å². The van der Waals surface area contributed by atoms with Gasteiger partial charge in [0.15, 0.2) is 11.5 Å². The predicted molar refractivity (Wildman–Crippen MR) is 143 cm³/mol. The number of rotatable bonds is 9. The molecule has 1 aliphatic heterocycles. The molecule has 190 valence electrons. The van der Waals surface area contributed by atoms with Gasteiger partial charge in [-0.25, -0.2) is 0 Å². The lowest BCUT2D eigenvalue weighted by atomic mass is 9.90. The van der Waals surface area contributed by atoms with Gasteiger partial charge in [0.2, 0.25) is 0 Å². The predicted octanol–water partition coefficient (Wildman–Crippen LogP) is 5.37. The van der Waals surface area contributed by atoms with Gasteiger partial charge in [0.1, 0.15) is 0 Å². The number of amides is 2. The summed E-state index contributed by atoms with van der Waals surface area (Å²) in [5, 5.41) is 3.25. The topological polar surface area (TPSA) is 67.9 Å². The molecule has 1 saturated heterocycles. The van der Waals surface area contributed by atoms with E-state index in [-0.39, 0.29) is 35.9 Å². The largest absolute Gasteiger partial charge is 0.493 e. The van der Waals surface area contributed by atoms with Crippen molar-refractivity contribution < 1.29 is 19.1 Å². The summed E-state index contributed by atoms with van der Waals surface area (Å²) in [7, 11) is 1.64. The van der Waals surface area contributed by atoms with Gasteiger partial charge in [0, 0.05) is 40.9 Å². The van der Waals surface area contributed by atoms with Gasteiger partial charge in [0.05, 0.1) is 13.7 Å². The first-order valence-electron chi connectivity index (χ1n) is 12.4. The Morgan fingerprint density at radius 1 is 1.03 bits per heavy atom. The number of hydrogen-bond acceptors (Lipinski definition) is 5. The molecule has 2 atom stereocenters. The zero-order valence-corrected chi connectivity index (χ0v) is 22.5. The molecular formula is C28H38N2O4S. The average Bonchev–Trinajstić information content (AvgIpc) is 2.84. The van der Waals surface area contributed by atoms with Gasteiger partial charge < -0.3 is 19.7 Å². The van der Waals surface area contributed by atoms with Gasteiger partial charge in [-0.3, -0.25) is 9.59 Å². The molecule has 2 amide bonds. The van der Waals surface area contributed by atoms with E-state index in [9.17, 15) is 9.59 Å². The molecule has 7 heteroatoms. The summed E-state index contributed by atoms with van der Waals surface area (Å²) in [6, 6.07) is 13.3. The molecule has 0 aromatic heterocycles. The number of nitrogens with zero attached hydrogens (tertiary/aromatic N) is 1. The molecule has 1 unspecified atom stereocenters. The van der Waals surface area contributed by atoms with Crippen molar-refractivity contribution in [3.63, 3.8) is 0 Å². The van der Waals surface area contributed by atoms with Crippen LogP contribution in [0.25, 0.3) is 0 Å². The lowest BCUT2D eigenvalue weighted by Crippen LogP contribution is -2.43. The first kappa shape index (κ1) is 26.9. The van der Waals surface area contributed by atoms with Crippen LogP contribution in [-0.2, 0) is 0 Å². The normalized spacial score (nSPS) is 17.8. The van der Waals surface area contributed by atoms with E-state index in [0.29, 0.717) is 23.5 Å². The van der Waals surface area contributed by atoms with Gasteiger partial charge >= 0.3 is 0 Å². The third-order valence-corrected chi connectivity index (χ3v) is 7.45. The fraction of sp³-hybridized carbons (Fsp3) is 0.500. The molecule has 0 spiro atoms. The molecule has 2 aromatic rings. The van der Waals surface area contributed by atoms with Crippen molar-refractivity contribution in [3.8, 4) is 11.5 Å².